The molecule has 0 aliphatic carbocycles. The molecule has 3 aromatic rings. The van der Waals surface area contributed by atoms with Gasteiger partial charge in [0.05, 0.1) is 18.5 Å². The molecule has 124 valence electrons. The van der Waals surface area contributed by atoms with E-state index in [1.54, 1.807) is 55.0 Å². The number of nitrogens with zero attached hydrogens (tertiary/aromatic N) is 4. The highest BCUT2D eigenvalue weighted by Gasteiger charge is 2.10. The molecule has 0 saturated heterocycles. The van der Waals surface area contributed by atoms with E-state index in [-0.39, 0.29) is 5.91 Å². The standard InChI is InChI=1S/C18H15N5O2/c1-25-16-12-14(22-23-17-4-2-3-9-20-17)5-6-15(16)21-18(24)13-7-10-19-11-8-13/h2-12H,1H3,(H,21,24). The van der Waals surface area contributed by atoms with Gasteiger partial charge >= 0.3 is 0 Å². The predicted molar refractivity (Wildman–Crippen MR) is 93.6 cm³/mol. The Morgan fingerprint density at radius 1 is 1.04 bits per heavy atom. The molecule has 0 saturated carbocycles. The number of anilines is 1. The van der Waals surface area contributed by atoms with Gasteiger partial charge in [-0.25, -0.2) is 4.98 Å². The maximum Gasteiger partial charge on any atom is 0.255 e. The summed E-state index contributed by atoms with van der Waals surface area (Å²) in [6.45, 7) is 0. The Bertz CT molecular complexity index is 882. The summed E-state index contributed by atoms with van der Waals surface area (Å²) in [5.74, 6) is 0.750. The molecule has 1 aromatic carbocycles. The maximum atomic E-state index is 12.2. The largest absolute Gasteiger partial charge is 0.494 e. The maximum absolute atomic E-state index is 12.2. The monoisotopic (exact) mass is 333 g/mol. The summed E-state index contributed by atoms with van der Waals surface area (Å²) in [6, 6.07) is 13.8. The number of carbonyl (C=O) groups excluding carboxylic acids is 1. The van der Waals surface area contributed by atoms with Crippen molar-refractivity contribution in [2.24, 2.45) is 10.2 Å². The first-order valence-electron chi connectivity index (χ1n) is 7.48. The number of rotatable bonds is 5. The Morgan fingerprint density at radius 3 is 2.60 bits per heavy atom. The number of methoxy groups -OCH3 is 1. The Labute approximate surface area is 144 Å². The average molecular weight is 333 g/mol. The molecule has 25 heavy (non-hydrogen) atoms. The van der Waals surface area contributed by atoms with Gasteiger partial charge in [0.25, 0.3) is 5.91 Å². The number of nitrogens with one attached hydrogen (secondary N) is 1. The minimum Gasteiger partial charge on any atom is -0.494 e. The molecule has 3 rings (SSSR count). The van der Waals surface area contributed by atoms with E-state index >= 15 is 0 Å². The zero-order valence-corrected chi connectivity index (χ0v) is 13.5. The highest BCUT2D eigenvalue weighted by atomic mass is 16.5. The second kappa shape index (κ2) is 7.78. The zero-order valence-electron chi connectivity index (χ0n) is 13.5. The van der Waals surface area contributed by atoms with Gasteiger partial charge in [-0.3, -0.25) is 9.78 Å². The van der Waals surface area contributed by atoms with Gasteiger partial charge in [0.2, 0.25) is 0 Å². The number of aromatic nitrogens is 2. The Morgan fingerprint density at radius 2 is 1.88 bits per heavy atom. The SMILES string of the molecule is COc1cc(N=Nc2ccccn2)ccc1NC(=O)c1ccncc1. The summed E-state index contributed by atoms with van der Waals surface area (Å²) in [6.07, 6.45) is 4.77. The number of pyridine rings is 2. The number of benzene rings is 1. The minimum absolute atomic E-state index is 0.247. The third-order valence-electron chi connectivity index (χ3n) is 3.29. The van der Waals surface area contributed by atoms with Crippen LogP contribution in [0.15, 0.2) is 77.3 Å². The summed E-state index contributed by atoms with van der Waals surface area (Å²) < 4.78 is 5.33. The summed E-state index contributed by atoms with van der Waals surface area (Å²) in [5, 5.41) is 11.0. The van der Waals surface area contributed by atoms with Crippen molar-refractivity contribution in [2.45, 2.75) is 0 Å². The van der Waals surface area contributed by atoms with E-state index in [4.69, 9.17) is 4.74 Å². The third-order valence-corrected chi connectivity index (χ3v) is 3.29. The van der Waals surface area contributed by atoms with Crippen molar-refractivity contribution in [1.82, 2.24) is 9.97 Å². The first-order valence-corrected chi connectivity index (χ1v) is 7.48. The number of azo groups is 1. The van der Waals surface area contributed by atoms with Gasteiger partial charge in [0, 0.05) is 30.2 Å². The van der Waals surface area contributed by atoms with Gasteiger partial charge < -0.3 is 10.1 Å². The van der Waals surface area contributed by atoms with Crippen molar-refractivity contribution >= 4 is 23.1 Å². The molecule has 0 aliphatic rings. The minimum atomic E-state index is -0.247. The Balaban J connectivity index is 1.78. The molecule has 7 heteroatoms. The molecule has 0 unspecified atom stereocenters. The van der Waals surface area contributed by atoms with Crippen molar-refractivity contribution in [3.05, 3.63) is 72.7 Å². The Kier molecular flexibility index (Phi) is 5.06. The highest BCUT2D eigenvalue weighted by Crippen LogP contribution is 2.30. The van der Waals surface area contributed by atoms with Crippen molar-refractivity contribution in [3.63, 3.8) is 0 Å². The molecule has 0 fully saturated rings. The summed E-state index contributed by atoms with van der Waals surface area (Å²) >= 11 is 0. The lowest BCUT2D eigenvalue weighted by Crippen LogP contribution is -2.12. The second-order valence-electron chi connectivity index (χ2n) is 4.96. The van der Waals surface area contributed by atoms with Crippen LogP contribution in [0, 0.1) is 0 Å². The first kappa shape index (κ1) is 16.3. The summed E-state index contributed by atoms with van der Waals surface area (Å²) in [7, 11) is 1.52. The van der Waals surface area contributed by atoms with E-state index in [0.29, 0.717) is 28.5 Å². The van der Waals surface area contributed by atoms with Gasteiger partial charge in [-0.1, -0.05) is 6.07 Å². The Hall–Kier alpha value is -3.61. The van der Waals surface area contributed by atoms with Crippen LogP contribution >= 0.6 is 0 Å². The molecule has 2 heterocycles. The van der Waals surface area contributed by atoms with Crippen LogP contribution in [0.3, 0.4) is 0 Å². The predicted octanol–water partition coefficient (Wildman–Crippen LogP) is 4.15. The third kappa shape index (κ3) is 4.23. The lowest BCUT2D eigenvalue weighted by Gasteiger charge is -2.10. The summed E-state index contributed by atoms with van der Waals surface area (Å²) in [5.41, 5.74) is 1.64. The van der Waals surface area contributed by atoms with E-state index in [1.165, 1.54) is 7.11 Å². The number of carbonyl (C=O) groups is 1. The average Bonchev–Trinajstić information content (AvgIpc) is 2.68. The molecule has 2 aromatic heterocycles. The van der Waals surface area contributed by atoms with Crippen LogP contribution < -0.4 is 10.1 Å². The zero-order chi connectivity index (χ0) is 17.5. The normalized spacial score (nSPS) is 10.6. The molecule has 0 radical (unpaired) electrons. The molecule has 1 N–H and O–H groups in total. The van der Waals surface area contributed by atoms with E-state index in [0.717, 1.165) is 0 Å². The topological polar surface area (TPSA) is 88.8 Å². The highest BCUT2D eigenvalue weighted by molar-refractivity contribution is 6.05. The van der Waals surface area contributed by atoms with E-state index < -0.39 is 0 Å². The number of hydrogen-bond donors (Lipinski definition) is 1. The fourth-order valence-electron chi connectivity index (χ4n) is 2.07. The molecule has 0 aliphatic heterocycles. The molecule has 0 bridgehead atoms. The first-order chi connectivity index (χ1) is 12.3. The van der Waals surface area contributed by atoms with E-state index in [2.05, 4.69) is 25.5 Å². The fourth-order valence-corrected chi connectivity index (χ4v) is 2.07. The van der Waals surface area contributed by atoms with Crippen LogP contribution in [0.5, 0.6) is 5.75 Å². The van der Waals surface area contributed by atoms with Gasteiger partial charge in [-0.2, -0.15) is 0 Å². The van der Waals surface area contributed by atoms with Crippen LogP contribution in [0.4, 0.5) is 17.2 Å². The van der Waals surface area contributed by atoms with Gasteiger partial charge in [0.15, 0.2) is 5.82 Å². The van der Waals surface area contributed by atoms with Crippen LogP contribution in [0.2, 0.25) is 0 Å². The van der Waals surface area contributed by atoms with Crippen molar-refractivity contribution in [1.29, 1.82) is 0 Å². The number of amides is 1. The lowest BCUT2D eigenvalue weighted by atomic mass is 10.2. The molecule has 7 nitrogen and oxygen atoms in total. The molecular formula is C18H15N5O2. The summed E-state index contributed by atoms with van der Waals surface area (Å²) in [4.78, 5) is 20.2. The van der Waals surface area contributed by atoms with E-state index in [9.17, 15) is 4.79 Å². The smallest absolute Gasteiger partial charge is 0.255 e. The second-order valence-corrected chi connectivity index (χ2v) is 4.96. The van der Waals surface area contributed by atoms with Crippen molar-refractivity contribution in [2.75, 3.05) is 12.4 Å². The molecule has 0 atom stereocenters. The number of ether oxygens (including phenoxy) is 1. The molecule has 1 amide bonds. The van der Waals surface area contributed by atoms with Crippen LogP contribution in [-0.2, 0) is 0 Å². The van der Waals surface area contributed by atoms with Crippen molar-refractivity contribution < 1.29 is 9.53 Å². The van der Waals surface area contributed by atoms with Gasteiger partial charge in [-0.15, -0.1) is 10.2 Å². The molecular weight excluding hydrogens is 318 g/mol. The lowest BCUT2D eigenvalue weighted by molar-refractivity contribution is 0.102. The van der Waals surface area contributed by atoms with Gasteiger partial charge in [0.1, 0.15) is 5.75 Å². The van der Waals surface area contributed by atoms with Gasteiger partial charge in [-0.05, 0) is 36.4 Å². The van der Waals surface area contributed by atoms with Crippen molar-refractivity contribution in [3.8, 4) is 5.75 Å². The van der Waals surface area contributed by atoms with E-state index in [1.807, 2.05) is 12.1 Å². The van der Waals surface area contributed by atoms with Crippen LogP contribution in [-0.4, -0.2) is 23.0 Å². The van der Waals surface area contributed by atoms with Crippen LogP contribution in [0.25, 0.3) is 0 Å². The fraction of sp³-hybridized carbons (Fsp3) is 0.0556. The molecule has 0 spiro atoms. The quantitative estimate of drug-likeness (QED) is 0.710. The number of hydrogen-bond acceptors (Lipinski definition) is 6. The van der Waals surface area contributed by atoms with Crippen LogP contribution in [0.1, 0.15) is 10.4 Å².